The van der Waals surface area contributed by atoms with Gasteiger partial charge in [-0.05, 0) is 38.0 Å². The van der Waals surface area contributed by atoms with Crippen molar-refractivity contribution in [3.63, 3.8) is 0 Å². The first-order chi connectivity index (χ1) is 9.80. The molecule has 6 heteroatoms. The van der Waals surface area contributed by atoms with Gasteiger partial charge in [0.05, 0.1) is 11.1 Å². The Balaban J connectivity index is 2.33. The number of halogens is 3. The molecule has 0 radical (unpaired) electrons. The molecule has 0 bridgehead atoms. The van der Waals surface area contributed by atoms with E-state index in [0.717, 1.165) is 43.9 Å². The van der Waals surface area contributed by atoms with E-state index in [1.165, 1.54) is 0 Å². The SMILES string of the molecule is CC1CCCCCN1C(=O)c1cc(C(F)(F)F)ccc1N. The van der Waals surface area contributed by atoms with Crippen molar-refractivity contribution in [3.8, 4) is 0 Å². The molecule has 1 aliphatic heterocycles. The van der Waals surface area contributed by atoms with E-state index >= 15 is 0 Å². The van der Waals surface area contributed by atoms with Gasteiger partial charge in [0.15, 0.2) is 0 Å². The van der Waals surface area contributed by atoms with Crippen LogP contribution >= 0.6 is 0 Å². The summed E-state index contributed by atoms with van der Waals surface area (Å²) in [6.07, 6.45) is -0.679. The maximum Gasteiger partial charge on any atom is 0.416 e. The van der Waals surface area contributed by atoms with E-state index in [0.29, 0.717) is 6.54 Å². The van der Waals surface area contributed by atoms with Crippen LogP contribution in [0.4, 0.5) is 18.9 Å². The molecule has 1 aromatic rings. The second-order valence-electron chi connectivity index (χ2n) is 5.50. The number of nitrogen functional groups attached to an aromatic ring is 1. The minimum atomic E-state index is -4.48. The van der Waals surface area contributed by atoms with E-state index in [4.69, 9.17) is 5.73 Å². The number of carbonyl (C=O) groups is 1. The average molecular weight is 300 g/mol. The number of rotatable bonds is 1. The van der Waals surface area contributed by atoms with Crippen LogP contribution in [-0.4, -0.2) is 23.4 Å². The molecule has 21 heavy (non-hydrogen) atoms. The van der Waals surface area contributed by atoms with Gasteiger partial charge in [-0.2, -0.15) is 13.2 Å². The van der Waals surface area contributed by atoms with Crippen molar-refractivity contribution in [3.05, 3.63) is 29.3 Å². The third kappa shape index (κ3) is 3.49. The number of hydrogen-bond acceptors (Lipinski definition) is 2. The highest BCUT2D eigenvalue weighted by Crippen LogP contribution is 2.32. The first-order valence-electron chi connectivity index (χ1n) is 7.08. The molecule has 1 unspecified atom stereocenters. The summed E-state index contributed by atoms with van der Waals surface area (Å²) in [5.74, 6) is -0.409. The fraction of sp³-hybridized carbons (Fsp3) is 0.533. The molecule has 0 aromatic heterocycles. The van der Waals surface area contributed by atoms with Crippen molar-refractivity contribution in [1.82, 2.24) is 4.90 Å². The summed E-state index contributed by atoms with van der Waals surface area (Å²) in [7, 11) is 0. The van der Waals surface area contributed by atoms with Gasteiger partial charge in [-0.15, -0.1) is 0 Å². The number of carbonyl (C=O) groups excluding carboxylic acids is 1. The van der Waals surface area contributed by atoms with Gasteiger partial charge in [0.1, 0.15) is 0 Å². The predicted octanol–water partition coefficient (Wildman–Crippen LogP) is 3.69. The maximum absolute atomic E-state index is 12.8. The van der Waals surface area contributed by atoms with E-state index < -0.39 is 17.6 Å². The molecule has 1 saturated heterocycles. The number of benzene rings is 1. The maximum atomic E-state index is 12.8. The van der Waals surface area contributed by atoms with Gasteiger partial charge < -0.3 is 10.6 Å². The molecule has 0 aliphatic carbocycles. The number of likely N-dealkylation sites (tertiary alicyclic amines) is 1. The van der Waals surface area contributed by atoms with Crippen molar-refractivity contribution in [2.24, 2.45) is 0 Å². The third-order valence-corrected chi connectivity index (χ3v) is 3.92. The lowest BCUT2D eigenvalue weighted by molar-refractivity contribution is -0.137. The van der Waals surface area contributed by atoms with E-state index in [1.807, 2.05) is 6.92 Å². The molecule has 0 saturated carbocycles. The van der Waals surface area contributed by atoms with Crippen LogP contribution < -0.4 is 5.73 Å². The molecule has 1 heterocycles. The highest BCUT2D eigenvalue weighted by Gasteiger charge is 2.32. The Morgan fingerprint density at radius 1 is 1.29 bits per heavy atom. The summed E-state index contributed by atoms with van der Waals surface area (Å²) in [4.78, 5) is 14.2. The molecule has 116 valence electrons. The molecule has 1 amide bonds. The highest BCUT2D eigenvalue weighted by atomic mass is 19.4. The molecule has 1 aliphatic rings. The Morgan fingerprint density at radius 2 is 2.00 bits per heavy atom. The lowest BCUT2D eigenvalue weighted by atomic mass is 10.1. The Bertz CT molecular complexity index is 528. The van der Waals surface area contributed by atoms with Crippen LogP contribution in [0, 0.1) is 0 Å². The molecule has 3 nitrogen and oxygen atoms in total. The summed E-state index contributed by atoms with van der Waals surface area (Å²) in [6.45, 7) is 2.49. The number of hydrogen-bond donors (Lipinski definition) is 1. The monoisotopic (exact) mass is 300 g/mol. The molecule has 2 rings (SSSR count). The van der Waals surface area contributed by atoms with Gasteiger partial charge in [0, 0.05) is 18.3 Å². The van der Waals surface area contributed by atoms with E-state index in [1.54, 1.807) is 4.90 Å². The van der Waals surface area contributed by atoms with Crippen molar-refractivity contribution < 1.29 is 18.0 Å². The zero-order valence-corrected chi connectivity index (χ0v) is 11.9. The fourth-order valence-corrected chi connectivity index (χ4v) is 2.65. The molecule has 0 spiro atoms. The number of amides is 1. The van der Waals surface area contributed by atoms with Gasteiger partial charge in [0.25, 0.3) is 5.91 Å². The van der Waals surface area contributed by atoms with Crippen LogP contribution in [0.1, 0.15) is 48.5 Å². The van der Waals surface area contributed by atoms with Gasteiger partial charge in [0.2, 0.25) is 0 Å². The van der Waals surface area contributed by atoms with Gasteiger partial charge in [-0.25, -0.2) is 0 Å². The normalized spacial score (nSPS) is 20.2. The van der Waals surface area contributed by atoms with Gasteiger partial charge >= 0.3 is 6.18 Å². The lowest BCUT2D eigenvalue weighted by Crippen LogP contribution is -2.38. The molecule has 1 fully saturated rings. The Morgan fingerprint density at radius 3 is 2.67 bits per heavy atom. The number of anilines is 1. The standard InChI is InChI=1S/C15H19F3N2O/c1-10-5-3-2-4-8-20(10)14(21)12-9-11(15(16,17)18)6-7-13(12)19/h6-7,9-10H,2-5,8,19H2,1H3. The topological polar surface area (TPSA) is 46.3 Å². The van der Waals surface area contributed by atoms with Gasteiger partial charge in [-0.3, -0.25) is 4.79 Å². The first kappa shape index (κ1) is 15.7. The highest BCUT2D eigenvalue weighted by molar-refractivity contribution is 5.99. The number of nitrogens with zero attached hydrogens (tertiary/aromatic N) is 1. The molecule has 1 atom stereocenters. The first-order valence-corrected chi connectivity index (χ1v) is 7.08. The molecular weight excluding hydrogens is 281 g/mol. The van der Waals surface area contributed by atoms with Crippen LogP contribution in [-0.2, 0) is 6.18 Å². The molecule has 1 aromatic carbocycles. The smallest absolute Gasteiger partial charge is 0.398 e. The third-order valence-electron chi connectivity index (χ3n) is 3.92. The van der Waals surface area contributed by atoms with E-state index in [9.17, 15) is 18.0 Å². The summed E-state index contributed by atoms with van der Waals surface area (Å²) in [6, 6.07) is 2.93. The molecule has 2 N–H and O–H groups in total. The summed E-state index contributed by atoms with van der Waals surface area (Å²) < 4.78 is 38.3. The van der Waals surface area contributed by atoms with Crippen molar-refractivity contribution >= 4 is 11.6 Å². The quantitative estimate of drug-likeness (QED) is 0.804. The second kappa shape index (κ2) is 5.95. The summed E-state index contributed by atoms with van der Waals surface area (Å²) in [5.41, 5.74) is 4.90. The van der Waals surface area contributed by atoms with Crippen molar-refractivity contribution in [2.45, 2.75) is 44.8 Å². The Hall–Kier alpha value is -1.72. The van der Waals surface area contributed by atoms with Crippen LogP contribution in [0.25, 0.3) is 0 Å². The molecular formula is C15H19F3N2O. The fourth-order valence-electron chi connectivity index (χ4n) is 2.65. The lowest BCUT2D eigenvalue weighted by Gasteiger charge is -2.28. The summed E-state index contributed by atoms with van der Waals surface area (Å²) in [5, 5.41) is 0. The van der Waals surface area contributed by atoms with E-state index in [2.05, 4.69) is 0 Å². The minimum absolute atomic E-state index is 0.0222. The zero-order valence-electron chi connectivity index (χ0n) is 11.9. The van der Waals surface area contributed by atoms with Crippen LogP contribution in [0.3, 0.4) is 0 Å². The van der Waals surface area contributed by atoms with E-state index in [-0.39, 0.29) is 17.3 Å². The number of alkyl halides is 3. The Kier molecular flexibility index (Phi) is 4.44. The minimum Gasteiger partial charge on any atom is -0.398 e. The van der Waals surface area contributed by atoms with Crippen molar-refractivity contribution in [1.29, 1.82) is 0 Å². The average Bonchev–Trinajstić information content (AvgIpc) is 2.62. The van der Waals surface area contributed by atoms with Crippen molar-refractivity contribution in [2.75, 3.05) is 12.3 Å². The predicted molar refractivity (Wildman–Crippen MR) is 74.8 cm³/mol. The summed E-state index contributed by atoms with van der Waals surface area (Å²) >= 11 is 0. The largest absolute Gasteiger partial charge is 0.416 e. The van der Waals surface area contributed by atoms with Gasteiger partial charge in [-0.1, -0.05) is 12.8 Å². The zero-order chi connectivity index (χ0) is 15.6. The second-order valence-corrected chi connectivity index (χ2v) is 5.50. The van der Waals surface area contributed by atoms with Crippen LogP contribution in [0.15, 0.2) is 18.2 Å². The van der Waals surface area contributed by atoms with Crippen LogP contribution in [0.2, 0.25) is 0 Å². The Labute approximate surface area is 121 Å². The number of nitrogens with two attached hydrogens (primary N) is 1. The van der Waals surface area contributed by atoms with Crippen LogP contribution in [0.5, 0.6) is 0 Å².